The first-order valence-corrected chi connectivity index (χ1v) is 14.5. The van der Waals surface area contributed by atoms with Crippen LogP contribution in [-0.4, -0.2) is 47.1 Å². The molecule has 0 aromatic heterocycles. The maximum absolute atomic E-state index is 15.5. The van der Waals surface area contributed by atoms with E-state index in [1.807, 2.05) is 0 Å². The Kier molecular flexibility index (Phi) is 6.24. The molecule has 5 aliphatic carbocycles. The molecule has 1 amide bonds. The quantitative estimate of drug-likeness (QED) is 0.333. The highest BCUT2D eigenvalue weighted by Gasteiger charge is 2.63. The molecule has 38 heavy (non-hydrogen) atoms. The van der Waals surface area contributed by atoms with E-state index >= 15 is 4.39 Å². The predicted octanol–water partition coefficient (Wildman–Crippen LogP) is 6.14. The molecular weight excluding hydrogens is 483 g/mol. The van der Waals surface area contributed by atoms with Crippen LogP contribution in [0.2, 0.25) is 0 Å². The van der Waals surface area contributed by atoms with E-state index in [1.165, 1.54) is 17.4 Å². The highest BCUT2D eigenvalue weighted by Crippen LogP contribution is 2.60. The molecule has 7 rings (SSSR count). The molecule has 6 fully saturated rings. The Labute approximate surface area is 225 Å². The molecule has 1 aromatic rings. The largest absolute Gasteiger partial charge is 0.485 e. The number of amides is 1. The van der Waals surface area contributed by atoms with Crippen molar-refractivity contribution in [1.82, 2.24) is 4.90 Å². The molecule has 1 saturated heterocycles. The summed E-state index contributed by atoms with van der Waals surface area (Å²) in [6.45, 7) is 14.3. The van der Waals surface area contributed by atoms with E-state index in [4.69, 9.17) is 16.0 Å². The average molecular weight is 523 g/mol. The molecule has 4 bridgehead atoms. The Morgan fingerprint density at radius 3 is 2.32 bits per heavy atom. The van der Waals surface area contributed by atoms with Gasteiger partial charge in [-0.1, -0.05) is 0 Å². The minimum atomic E-state index is -0.697. The fourth-order valence-electron chi connectivity index (χ4n) is 8.00. The summed E-state index contributed by atoms with van der Waals surface area (Å²) in [5.74, 6) is 1.42. The summed E-state index contributed by atoms with van der Waals surface area (Å²) in [5, 5.41) is 0. The van der Waals surface area contributed by atoms with Crippen LogP contribution in [0.3, 0.4) is 0 Å². The SMILES string of the molecule is [C-]#[N+]C1(COc2cc(F)c(C(=O)N3CCC[C@H]3C(=O)OC(C)(C)C)cc2C2CC2)C2CC3CC(C2)CC1C3. The summed E-state index contributed by atoms with van der Waals surface area (Å²) >= 11 is 0. The van der Waals surface area contributed by atoms with Crippen molar-refractivity contribution in [3.8, 4) is 5.75 Å². The van der Waals surface area contributed by atoms with Gasteiger partial charge in [-0.15, -0.1) is 0 Å². The fraction of sp³-hybridized carbons (Fsp3) is 0.710. The van der Waals surface area contributed by atoms with Crippen LogP contribution in [-0.2, 0) is 9.53 Å². The number of carbonyl (C=O) groups is 2. The van der Waals surface area contributed by atoms with E-state index in [9.17, 15) is 9.59 Å². The Morgan fingerprint density at radius 1 is 1.08 bits per heavy atom. The number of hydrogen-bond acceptors (Lipinski definition) is 4. The Hall–Kier alpha value is -2.62. The van der Waals surface area contributed by atoms with Gasteiger partial charge in [-0.25, -0.2) is 15.8 Å². The highest BCUT2D eigenvalue weighted by atomic mass is 19.1. The second kappa shape index (κ2) is 9.24. The molecule has 1 atom stereocenters. The summed E-state index contributed by atoms with van der Waals surface area (Å²) in [6.07, 6.45) is 8.92. The van der Waals surface area contributed by atoms with E-state index < -0.39 is 34.9 Å². The number of carbonyl (C=O) groups excluding carboxylic acids is 2. The van der Waals surface area contributed by atoms with E-state index in [1.54, 1.807) is 26.8 Å². The lowest BCUT2D eigenvalue weighted by Gasteiger charge is -2.54. The molecule has 7 heteroatoms. The molecule has 0 spiro atoms. The van der Waals surface area contributed by atoms with Gasteiger partial charge >= 0.3 is 5.97 Å². The van der Waals surface area contributed by atoms with Gasteiger partial charge < -0.3 is 19.2 Å². The first-order valence-electron chi connectivity index (χ1n) is 14.5. The van der Waals surface area contributed by atoms with Crippen LogP contribution in [0.1, 0.15) is 100 Å². The van der Waals surface area contributed by atoms with Crippen LogP contribution in [0.25, 0.3) is 4.85 Å². The first-order chi connectivity index (χ1) is 18.1. The summed E-state index contributed by atoms with van der Waals surface area (Å²) in [5.41, 5.74) is -0.330. The van der Waals surface area contributed by atoms with Gasteiger partial charge in [0.1, 0.15) is 23.2 Å². The Morgan fingerprint density at radius 2 is 1.74 bits per heavy atom. The molecule has 6 aliphatic rings. The highest BCUT2D eigenvalue weighted by molar-refractivity contribution is 5.98. The van der Waals surface area contributed by atoms with Crippen LogP contribution in [0.15, 0.2) is 12.1 Å². The molecule has 0 radical (unpaired) electrons. The minimum absolute atomic E-state index is 0.00998. The first kappa shape index (κ1) is 25.6. The minimum Gasteiger partial charge on any atom is -0.485 e. The lowest BCUT2D eigenvalue weighted by molar-refractivity contribution is -0.159. The van der Waals surface area contributed by atoms with Crippen LogP contribution in [0.4, 0.5) is 4.39 Å². The zero-order valence-corrected chi connectivity index (χ0v) is 22.8. The van der Waals surface area contributed by atoms with Crippen molar-refractivity contribution >= 4 is 11.9 Å². The zero-order valence-electron chi connectivity index (χ0n) is 22.8. The van der Waals surface area contributed by atoms with Crippen molar-refractivity contribution in [3.63, 3.8) is 0 Å². The van der Waals surface area contributed by atoms with Gasteiger partial charge in [-0.2, -0.15) is 0 Å². The molecule has 5 saturated carbocycles. The number of benzene rings is 1. The lowest BCUT2D eigenvalue weighted by Crippen LogP contribution is -2.58. The summed E-state index contributed by atoms with van der Waals surface area (Å²) in [7, 11) is 0. The van der Waals surface area contributed by atoms with E-state index in [2.05, 4.69) is 4.85 Å². The molecule has 1 heterocycles. The van der Waals surface area contributed by atoms with Gasteiger partial charge in [0.25, 0.3) is 11.4 Å². The third-order valence-corrected chi connectivity index (χ3v) is 9.76. The average Bonchev–Trinajstić information content (AvgIpc) is 3.57. The standard InChI is InChI=1S/C31H39FN2O4/c1-30(2,3)38-29(36)26-6-5-9-34(26)28(35)24-15-23(20-7-8-20)27(16-25(24)32)37-17-31(33-4)21-11-18-10-19(13-21)14-22(31)12-18/h15-16,18-22,26H,5-14,17H2,1-3H3/t18?,19?,21?,22?,26-,31?/m0/s1. The molecule has 1 aliphatic heterocycles. The lowest BCUT2D eigenvalue weighted by atomic mass is 9.49. The van der Waals surface area contributed by atoms with Crippen molar-refractivity contribution in [2.24, 2.45) is 23.7 Å². The molecule has 0 N–H and O–H groups in total. The molecule has 0 unspecified atom stereocenters. The molecule has 204 valence electrons. The van der Waals surface area contributed by atoms with Crippen molar-refractivity contribution < 1.29 is 23.5 Å². The molecular formula is C31H39FN2O4. The smallest absolute Gasteiger partial charge is 0.329 e. The Bertz CT molecular complexity index is 1150. The predicted molar refractivity (Wildman–Crippen MR) is 140 cm³/mol. The Balaban J connectivity index is 1.23. The topological polar surface area (TPSA) is 60.2 Å². The van der Waals surface area contributed by atoms with Crippen LogP contribution in [0, 0.1) is 36.1 Å². The van der Waals surface area contributed by atoms with Crippen LogP contribution >= 0.6 is 0 Å². The third kappa shape index (κ3) is 4.48. The maximum atomic E-state index is 15.5. The van der Waals surface area contributed by atoms with E-state index in [0.717, 1.165) is 55.9 Å². The number of ether oxygens (including phenoxy) is 2. The number of rotatable bonds is 6. The third-order valence-electron chi connectivity index (χ3n) is 9.76. The number of esters is 1. The molecule has 6 nitrogen and oxygen atoms in total. The van der Waals surface area contributed by atoms with Crippen molar-refractivity contribution in [2.45, 2.75) is 102 Å². The number of halogens is 1. The summed E-state index contributed by atoms with van der Waals surface area (Å²) in [6, 6.07) is 2.31. The number of hydrogen-bond donors (Lipinski definition) is 0. The van der Waals surface area contributed by atoms with Gasteiger partial charge in [-0.05, 0) is 108 Å². The number of likely N-dealkylation sites (tertiary alicyclic amines) is 1. The fourth-order valence-corrected chi connectivity index (χ4v) is 8.00. The van der Waals surface area contributed by atoms with Crippen molar-refractivity contribution in [2.75, 3.05) is 13.2 Å². The van der Waals surface area contributed by atoms with Gasteiger partial charge in [0, 0.05) is 24.4 Å². The zero-order chi connectivity index (χ0) is 26.8. The number of nitrogens with zero attached hydrogens (tertiary/aromatic N) is 2. The van der Waals surface area contributed by atoms with E-state index in [0.29, 0.717) is 43.6 Å². The van der Waals surface area contributed by atoms with Crippen LogP contribution in [0.5, 0.6) is 5.75 Å². The van der Waals surface area contributed by atoms with Crippen LogP contribution < -0.4 is 4.74 Å². The van der Waals surface area contributed by atoms with Gasteiger partial charge in [0.2, 0.25) is 0 Å². The van der Waals surface area contributed by atoms with Gasteiger partial charge in [0.15, 0.2) is 6.61 Å². The second-order valence-electron chi connectivity index (χ2n) is 13.5. The normalized spacial score (nSPS) is 33.8. The molecule has 1 aromatic carbocycles. The maximum Gasteiger partial charge on any atom is 0.329 e. The summed E-state index contributed by atoms with van der Waals surface area (Å²) in [4.78, 5) is 32.0. The van der Waals surface area contributed by atoms with Gasteiger partial charge in [-0.3, -0.25) is 4.79 Å². The second-order valence-corrected chi connectivity index (χ2v) is 13.5. The van der Waals surface area contributed by atoms with Gasteiger partial charge in [0.05, 0.1) is 5.56 Å². The monoisotopic (exact) mass is 522 g/mol. The summed E-state index contributed by atoms with van der Waals surface area (Å²) < 4.78 is 27.4. The van der Waals surface area contributed by atoms with Crippen molar-refractivity contribution in [3.05, 3.63) is 40.5 Å². The van der Waals surface area contributed by atoms with E-state index in [-0.39, 0.29) is 11.5 Å². The van der Waals surface area contributed by atoms with Crippen molar-refractivity contribution in [1.29, 1.82) is 0 Å².